The molecule has 0 radical (unpaired) electrons. The average Bonchev–Trinajstić information content (AvgIpc) is 2.90. The van der Waals surface area contributed by atoms with Gasteiger partial charge < -0.3 is 25.0 Å². The smallest absolute Gasteiger partial charge is 0.191 e. The maximum atomic E-state index is 13.7. The normalized spacial score (nSPS) is 24.6. The lowest BCUT2D eigenvalue weighted by Crippen LogP contribution is -2.46. The predicted octanol–water partition coefficient (Wildman–Crippen LogP) is 2.16. The fourth-order valence-corrected chi connectivity index (χ4v) is 4.80. The number of nitrogens with zero attached hydrogens (tertiary/aromatic N) is 1. The molecule has 3 aliphatic rings. The van der Waals surface area contributed by atoms with Crippen LogP contribution < -0.4 is 10.1 Å². The molecule has 2 aliphatic heterocycles. The van der Waals surface area contributed by atoms with E-state index >= 15 is 0 Å². The van der Waals surface area contributed by atoms with Crippen LogP contribution in [0.3, 0.4) is 0 Å². The molecular formula is C25H28N2O5. The van der Waals surface area contributed by atoms with Gasteiger partial charge in [-0.05, 0) is 48.8 Å². The minimum atomic E-state index is -0.969. The number of ketones is 1. The van der Waals surface area contributed by atoms with Gasteiger partial charge in [-0.2, -0.15) is 5.26 Å². The lowest BCUT2D eigenvalue weighted by atomic mass is 9.63. The van der Waals surface area contributed by atoms with Crippen molar-refractivity contribution in [1.82, 2.24) is 5.32 Å². The number of carbonyl (C=O) groups excluding carboxylic acids is 1. The van der Waals surface area contributed by atoms with Crippen molar-refractivity contribution in [3.05, 3.63) is 64.4 Å². The van der Waals surface area contributed by atoms with Gasteiger partial charge in [-0.15, -0.1) is 0 Å². The van der Waals surface area contributed by atoms with Crippen LogP contribution in [0.25, 0.3) is 0 Å². The summed E-state index contributed by atoms with van der Waals surface area (Å²) in [7, 11) is 0. The first-order chi connectivity index (χ1) is 15.5. The van der Waals surface area contributed by atoms with Gasteiger partial charge in [0.25, 0.3) is 0 Å². The van der Waals surface area contributed by atoms with Crippen molar-refractivity contribution in [3.63, 3.8) is 0 Å². The van der Waals surface area contributed by atoms with E-state index in [9.17, 15) is 15.2 Å². The van der Waals surface area contributed by atoms with Gasteiger partial charge in [0.2, 0.25) is 0 Å². The summed E-state index contributed by atoms with van der Waals surface area (Å²) in [4.78, 5) is 13.7. The molecule has 1 aromatic rings. The van der Waals surface area contributed by atoms with Crippen LogP contribution in [0.1, 0.15) is 35.7 Å². The Bertz CT molecular complexity index is 1030. The fourth-order valence-electron chi connectivity index (χ4n) is 4.80. The topological polar surface area (TPSA) is 112 Å². The van der Waals surface area contributed by atoms with Gasteiger partial charge in [-0.25, -0.2) is 0 Å². The summed E-state index contributed by atoms with van der Waals surface area (Å²) in [6.45, 7) is 3.16. The lowest BCUT2D eigenvalue weighted by molar-refractivity contribution is 0.0525. The van der Waals surface area contributed by atoms with Crippen LogP contribution in [0.2, 0.25) is 0 Å². The molecule has 0 aromatic heterocycles. The van der Waals surface area contributed by atoms with E-state index in [0.717, 1.165) is 16.8 Å². The highest BCUT2D eigenvalue weighted by molar-refractivity contribution is 6.12. The van der Waals surface area contributed by atoms with Gasteiger partial charge in [0.1, 0.15) is 18.5 Å². The van der Waals surface area contributed by atoms with E-state index < -0.39 is 11.5 Å². The number of hydrogen-bond acceptors (Lipinski definition) is 7. The molecule has 1 saturated heterocycles. The standard InChI is InChI=1S/C25H28N2O5/c1-16-2-3-17(13-26)6-9-27-24-22(16)23(30)20-5-4-19(32-15-18(29)14-28)12-21(20)25(24)7-10-31-11-8-25/h2-6,12,16,18,27-29H,7-11,14-15H2,1H3/b3-2?,17-6+/t16?,18-/m1/s1. The number of hydrogen-bond donors (Lipinski definition) is 3. The molecule has 1 unspecified atom stereocenters. The second-order valence-electron chi connectivity index (χ2n) is 8.47. The number of rotatable bonds is 4. The van der Waals surface area contributed by atoms with Crippen molar-refractivity contribution in [2.75, 3.05) is 33.0 Å². The van der Waals surface area contributed by atoms with Crippen LogP contribution in [0.15, 0.2) is 53.3 Å². The molecular weight excluding hydrogens is 408 g/mol. The van der Waals surface area contributed by atoms with Crippen LogP contribution in [0.5, 0.6) is 5.75 Å². The van der Waals surface area contributed by atoms with Gasteiger partial charge in [-0.3, -0.25) is 4.79 Å². The average molecular weight is 437 g/mol. The van der Waals surface area contributed by atoms with Gasteiger partial charge >= 0.3 is 0 Å². The highest BCUT2D eigenvalue weighted by atomic mass is 16.5. The predicted molar refractivity (Wildman–Crippen MR) is 118 cm³/mol. The summed E-state index contributed by atoms with van der Waals surface area (Å²) in [5.74, 6) is 0.351. The summed E-state index contributed by atoms with van der Waals surface area (Å²) in [6.07, 6.45) is 6.00. The molecule has 168 valence electrons. The van der Waals surface area contributed by atoms with Crippen molar-refractivity contribution >= 4 is 5.78 Å². The number of fused-ring (bicyclic) bond motifs is 3. The lowest BCUT2D eigenvalue weighted by Gasteiger charge is -2.45. The molecule has 2 heterocycles. The van der Waals surface area contributed by atoms with Crippen LogP contribution in [0, 0.1) is 17.2 Å². The van der Waals surface area contributed by atoms with Crippen LogP contribution >= 0.6 is 0 Å². The Balaban J connectivity index is 1.83. The molecule has 7 heteroatoms. The van der Waals surface area contributed by atoms with E-state index in [1.54, 1.807) is 18.2 Å². The molecule has 32 heavy (non-hydrogen) atoms. The van der Waals surface area contributed by atoms with E-state index in [-0.39, 0.29) is 24.9 Å². The van der Waals surface area contributed by atoms with E-state index in [1.807, 2.05) is 25.1 Å². The zero-order chi connectivity index (χ0) is 22.7. The molecule has 0 amide bonds. The number of nitriles is 1. The largest absolute Gasteiger partial charge is 0.491 e. The fraction of sp³-hybridized carbons (Fsp3) is 0.440. The first-order valence-electron chi connectivity index (χ1n) is 11.0. The van der Waals surface area contributed by atoms with Gasteiger partial charge in [0.05, 0.1) is 12.7 Å². The molecule has 2 atom stereocenters. The number of aliphatic hydroxyl groups excluding tert-OH is 2. The van der Waals surface area contributed by atoms with E-state index in [1.165, 1.54) is 0 Å². The van der Waals surface area contributed by atoms with Crippen LogP contribution in [-0.2, 0) is 10.2 Å². The maximum Gasteiger partial charge on any atom is 0.191 e. The summed E-state index contributed by atoms with van der Waals surface area (Å²) in [5, 5.41) is 31.6. The number of ether oxygens (including phenoxy) is 2. The second-order valence-corrected chi connectivity index (χ2v) is 8.47. The number of aliphatic hydroxyl groups is 2. The Hall–Kier alpha value is -2.92. The molecule has 1 spiro atoms. The van der Waals surface area contributed by atoms with Gasteiger partial charge in [0, 0.05) is 53.5 Å². The highest BCUT2D eigenvalue weighted by Crippen LogP contribution is 2.49. The Morgan fingerprint density at radius 1 is 1.38 bits per heavy atom. The Morgan fingerprint density at radius 3 is 2.88 bits per heavy atom. The first-order valence-corrected chi connectivity index (χ1v) is 11.0. The number of benzene rings is 1. The Morgan fingerprint density at radius 2 is 2.16 bits per heavy atom. The molecule has 3 N–H and O–H groups in total. The van der Waals surface area contributed by atoms with Gasteiger partial charge in [-0.1, -0.05) is 13.0 Å². The third-order valence-electron chi connectivity index (χ3n) is 6.49. The van der Waals surface area contributed by atoms with E-state index in [4.69, 9.17) is 14.6 Å². The van der Waals surface area contributed by atoms with Crippen LogP contribution in [0.4, 0.5) is 0 Å². The SMILES string of the molecule is CC1C=C/C(C#N)=C\CNC2=C1C(=O)c1ccc(OC[C@H](O)CO)cc1C21CCOCC1. The minimum absolute atomic E-state index is 0.0286. The minimum Gasteiger partial charge on any atom is -0.491 e. The monoisotopic (exact) mass is 436 g/mol. The molecule has 4 rings (SSSR count). The summed E-state index contributed by atoms with van der Waals surface area (Å²) in [6, 6.07) is 7.61. The zero-order valence-corrected chi connectivity index (χ0v) is 18.1. The number of allylic oxidation sites excluding steroid dienone is 5. The second kappa shape index (κ2) is 9.29. The highest BCUT2D eigenvalue weighted by Gasteiger charge is 2.47. The van der Waals surface area contributed by atoms with Gasteiger partial charge in [0.15, 0.2) is 5.78 Å². The molecule has 1 fully saturated rings. The molecule has 1 aromatic carbocycles. The Kier molecular flexibility index (Phi) is 6.47. The maximum absolute atomic E-state index is 13.7. The molecule has 0 bridgehead atoms. The van der Waals surface area contributed by atoms with Crippen molar-refractivity contribution in [2.24, 2.45) is 5.92 Å². The molecule has 0 saturated carbocycles. The third kappa shape index (κ3) is 3.97. The van der Waals surface area contributed by atoms with E-state index in [2.05, 4.69) is 11.4 Å². The zero-order valence-electron chi connectivity index (χ0n) is 18.1. The molecule has 1 aliphatic carbocycles. The van der Waals surface area contributed by atoms with Crippen molar-refractivity contribution in [2.45, 2.75) is 31.3 Å². The van der Waals surface area contributed by atoms with Crippen LogP contribution in [-0.4, -0.2) is 55.1 Å². The summed E-state index contributed by atoms with van der Waals surface area (Å²) < 4.78 is 11.4. The quantitative estimate of drug-likeness (QED) is 0.663. The number of carbonyl (C=O) groups is 1. The van der Waals surface area contributed by atoms with E-state index in [0.29, 0.717) is 49.5 Å². The van der Waals surface area contributed by atoms with Crippen molar-refractivity contribution < 1.29 is 24.5 Å². The van der Waals surface area contributed by atoms with Crippen molar-refractivity contribution in [1.29, 1.82) is 5.26 Å². The summed E-state index contributed by atoms with van der Waals surface area (Å²) in [5.41, 5.74) is 3.31. The summed E-state index contributed by atoms with van der Waals surface area (Å²) >= 11 is 0. The number of Topliss-reactive ketones (excluding diaryl/α,β-unsaturated/α-hetero) is 1. The third-order valence-corrected chi connectivity index (χ3v) is 6.49. The first kappa shape index (κ1) is 22.3. The number of nitrogens with one attached hydrogen (secondary N) is 1. The van der Waals surface area contributed by atoms with Crippen molar-refractivity contribution in [3.8, 4) is 11.8 Å². The molecule has 7 nitrogen and oxygen atoms in total. The Labute approximate surface area is 187 Å².